The minimum atomic E-state index is -0.0390. The highest BCUT2D eigenvalue weighted by atomic mass is 16.5. The normalized spacial score (nSPS) is 25.2. The molecule has 2 aliphatic heterocycles. The number of amides is 1. The van der Waals surface area contributed by atoms with Crippen LogP contribution in [0.3, 0.4) is 0 Å². The van der Waals surface area contributed by atoms with E-state index in [-0.39, 0.29) is 23.8 Å². The molecule has 0 saturated carbocycles. The third-order valence-electron chi connectivity index (χ3n) is 6.25. The van der Waals surface area contributed by atoms with E-state index in [1.807, 2.05) is 17.0 Å². The molecule has 2 aliphatic rings. The predicted molar refractivity (Wildman–Crippen MR) is 107 cm³/mol. The van der Waals surface area contributed by atoms with Gasteiger partial charge in [-0.05, 0) is 43.5 Å². The number of likely N-dealkylation sites (tertiary alicyclic amines) is 2. The summed E-state index contributed by atoms with van der Waals surface area (Å²) in [5, 5.41) is 4.08. The summed E-state index contributed by atoms with van der Waals surface area (Å²) in [6.07, 6.45) is 2.13. The van der Waals surface area contributed by atoms with Gasteiger partial charge in [0.1, 0.15) is 5.75 Å². The number of hydrogen-bond donors (Lipinski definition) is 0. The van der Waals surface area contributed by atoms with Crippen molar-refractivity contribution in [2.75, 3.05) is 27.2 Å². The van der Waals surface area contributed by atoms with Gasteiger partial charge in [-0.3, -0.25) is 4.79 Å². The van der Waals surface area contributed by atoms with Crippen molar-refractivity contribution in [2.45, 2.75) is 50.6 Å². The Hall–Kier alpha value is -2.34. The second-order valence-electron chi connectivity index (χ2n) is 8.29. The number of piperidine rings is 1. The third-order valence-corrected chi connectivity index (χ3v) is 6.25. The number of rotatable bonds is 4. The minimum absolute atomic E-state index is 0.0390. The summed E-state index contributed by atoms with van der Waals surface area (Å²) in [7, 11) is 3.85. The molecule has 3 atom stereocenters. The number of ether oxygens (including phenoxy) is 1. The summed E-state index contributed by atoms with van der Waals surface area (Å²) < 4.78 is 10.7. The Morgan fingerprint density at radius 1 is 1.29 bits per heavy atom. The average molecular weight is 383 g/mol. The molecule has 6 heteroatoms. The van der Waals surface area contributed by atoms with Crippen LogP contribution in [0.15, 0.2) is 34.9 Å². The lowest BCUT2D eigenvalue weighted by molar-refractivity contribution is 0.0485. The number of hydrogen-bond acceptors (Lipinski definition) is 5. The Labute approximate surface area is 166 Å². The maximum absolute atomic E-state index is 13.3. The summed E-state index contributed by atoms with van der Waals surface area (Å²) >= 11 is 0. The highest BCUT2D eigenvalue weighted by Crippen LogP contribution is 2.40. The molecule has 1 aromatic heterocycles. The van der Waals surface area contributed by atoms with Gasteiger partial charge in [-0.1, -0.05) is 31.1 Å². The zero-order valence-corrected chi connectivity index (χ0v) is 17.1. The Morgan fingerprint density at radius 2 is 2.04 bits per heavy atom. The first-order valence-corrected chi connectivity index (χ1v) is 10.1. The average Bonchev–Trinajstić information content (AvgIpc) is 3.33. The molecule has 0 aliphatic carbocycles. The van der Waals surface area contributed by atoms with Gasteiger partial charge in [0.15, 0.2) is 0 Å². The molecule has 150 valence electrons. The fourth-order valence-electron chi connectivity index (χ4n) is 4.71. The van der Waals surface area contributed by atoms with Crippen molar-refractivity contribution in [3.8, 4) is 5.75 Å². The Kier molecular flexibility index (Phi) is 5.15. The van der Waals surface area contributed by atoms with Crippen molar-refractivity contribution >= 4 is 5.91 Å². The fraction of sp³-hybridized carbons (Fsp3) is 0.545. The number of aromatic nitrogens is 1. The lowest BCUT2D eigenvalue weighted by atomic mass is 9.86. The first-order valence-electron chi connectivity index (χ1n) is 10.1. The molecule has 2 fully saturated rings. The fourth-order valence-corrected chi connectivity index (χ4v) is 4.71. The first kappa shape index (κ1) is 19.0. The largest absolute Gasteiger partial charge is 0.497 e. The molecule has 0 N–H and O–H groups in total. The van der Waals surface area contributed by atoms with Crippen LogP contribution in [0.1, 0.15) is 60.3 Å². The summed E-state index contributed by atoms with van der Waals surface area (Å²) in [5.74, 6) is 1.68. The van der Waals surface area contributed by atoms with Gasteiger partial charge in [-0.2, -0.15) is 0 Å². The molecule has 0 spiro atoms. The van der Waals surface area contributed by atoms with Gasteiger partial charge in [-0.15, -0.1) is 0 Å². The van der Waals surface area contributed by atoms with E-state index in [0.717, 1.165) is 37.4 Å². The Bertz CT molecular complexity index is 830. The van der Waals surface area contributed by atoms with E-state index < -0.39 is 0 Å². The van der Waals surface area contributed by atoms with Crippen LogP contribution in [0.5, 0.6) is 5.75 Å². The van der Waals surface area contributed by atoms with E-state index in [0.29, 0.717) is 11.8 Å². The number of likely N-dealkylation sites (N-methyl/N-ethyl adjacent to an activating group) is 1. The van der Waals surface area contributed by atoms with E-state index in [4.69, 9.17) is 9.26 Å². The number of carbonyl (C=O) groups is 1. The summed E-state index contributed by atoms with van der Waals surface area (Å²) in [6, 6.07) is 10.6. The second kappa shape index (κ2) is 7.59. The van der Waals surface area contributed by atoms with Gasteiger partial charge in [0.25, 0.3) is 5.91 Å². The van der Waals surface area contributed by atoms with Crippen molar-refractivity contribution < 1.29 is 14.1 Å². The zero-order valence-electron chi connectivity index (χ0n) is 17.1. The van der Waals surface area contributed by atoms with E-state index in [1.165, 1.54) is 5.56 Å². The lowest BCUT2D eigenvalue weighted by Gasteiger charge is -2.40. The Morgan fingerprint density at radius 3 is 2.68 bits per heavy atom. The molecule has 2 saturated heterocycles. The van der Waals surface area contributed by atoms with E-state index >= 15 is 0 Å². The number of benzene rings is 1. The van der Waals surface area contributed by atoms with Crippen LogP contribution in [0.2, 0.25) is 0 Å². The molecular weight excluding hydrogens is 354 g/mol. The van der Waals surface area contributed by atoms with Crippen molar-refractivity contribution in [2.24, 2.45) is 0 Å². The molecule has 2 aromatic rings. The van der Waals surface area contributed by atoms with Crippen LogP contribution < -0.4 is 4.74 Å². The molecule has 1 amide bonds. The molecule has 1 aromatic carbocycles. The van der Waals surface area contributed by atoms with E-state index in [1.54, 1.807) is 13.2 Å². The number of methoxy groups -OCH3 is 1. The van der Waals surface area contributed by atoms with Crippen molar-refractivity contribution in [3.63, 3.8) is 0 Å². The van der Waals surface area contributed by atoms with Crippen LogP contribution >= 0.6 is 0 Å². The molecule has 0 radical (unpaired) electrons. The highest BCUT2D eigenvalue weighted by Gasteiger charge is 2.47. The molecule has 0 bridgehead atoms. The molecule has 4 rings (SSSR count). The van der Waals surface area contributed by atoms with E-state index in [9.17, 15) is 4.79 Å². The van der Waals surface area contributed by atoms with Crippen LogP contribution in [0.25, 0.3) is 0 Å². The third kappa shape index (κ3) is 3.30. The van der Waals surface area contributed by atoms with Gasteiger partial charge < -0.3 is 19.1 Å². The number of fused-ring (bicyclic) bond motifs is 1. The Balaban J connectivity index is 1.63. The standard InChI is InChI=1S/C22H29N3O3/c1-14(2)18-12-20(28-23-18)22(26)25-11-5-6-19-21(25)17(13-24(19)3)15-7-9-16(27-4)10-8-15/h7-10,12,14,17,19,21H,5-6,11,13H2,1-4H3/t17-,19-,21-/m1/s1. The molecule has 3 heterocycles. The number of nitrogens with zero attached hydrogens (tertiary/aromatic N) is 3. The highest BCUT2D eigenvalue weighted by molar-refractivity contribution is 5.92. The van der Waals surface area contributed by atoms with Gasteiger partial charge in [-0.25, -0.2) is 0 Å². The predicted octanol–water partition coefficient (Wildman–Crippen LogP) is 3.51. The molecule has 28 heavy (non-hydrogen) atoms. The quantitative estimate of drug-likeness (QED) is 0.809. The molecular formula is C22H29N3O3. The SMILES string of the molecule is COc1ccc([C@H]2CN(C)[C@@H]3CCCN(C(=O)c4cc(C(C)C)no4)[C@H]23)cc1. The monoisotopic (exact) mass is 383 g/mol. The summed E-state index contributed by atoms with van der Waals surface area (Å²) in [4.78, 5) is 17.7. The van der Waals surface area contributed by atoms with Crippen molar-refractivity contribution in [3.05, 3.63) is 47.3 Å². The van der Waals surface area contributed by atoms with Gasteiger partial charge in [0.2, 0.25) is 5.76 Å². The van der Waals surface area contributed by atoms with Crippen molar-refractivity contribution in [1.82, 2.24) is 15.0 Å². The maximum Gasteiger partial charge on any atom is 0.292 e. The van der Waals surface area contributed by atoms with Gasteiger partial charge in [0.05, 0.1) is 18.8 Å². The van der Waals surface area contributed by atoms with Crippen LogP contribution in [-0.2, 0) is 0 Å². The molecule has 6 nitrogen and oxygen atoms in total. The maximum atomic E-state index is 13.3. The van der Waals surface area contributed by atoms with Crippen molar-refractivity contribution in [1.29, 1.82) is 0 Å². The summed E-state index contributed by atoms with van der Waals surface area (Å²) in [6.45, 7) is 5.81. The second-order valence-corrected chi connectivity index (χ2v) is 8.29. The smallest absolute Gasteiger partial charge is 0.292 e. The topological polar surface area (TPSA) is 58.8 Å². The van der Waals surface area contributed by atoms with Gasteiger partial charge in [0, 0.05) is 31.1 Å². The van der Waals surface area contributed by atoms with Crippen LogP contribution in [0.4, 0.5) is 0 Å². The lowest BCUT2D eigenvalue weighted by Crippen LogP contribution is -2.52. The number of carbonyl (C=O) groups excluding carboxylic acids is 1. The van der Waals surface area contributed by atoms with E-state index in [2.05, 4.69) is 43.1 Å². The zero-order chi connectivity index (χ0) is 19.8. The summed E-state index contributed by atoms with van der Waals surface area (Å²) in [5.41, 5.74) is 2.08. The van der Waals surface area contributed by atoms with Gasteiger partial charge >= 0.3 is 0 Å². The first-order chi connectivity index (χ1) is 13.5. The molecule has 0 unspecified atom stereocenters. The minimum Gasteiger partial charge on any atom is -0.497 e. The van der Waals surface area contributed by atoms with Crippen LogP contribution in [0, 0.1) is 0 Å². The van der Waals surface area contributed by atoms with Crippen LogP contribution in [-0.4, -0.2) is 60.2 Å².